The Balaban J connectivity index is 2.18. The molecule has 0 saturated heterocycles. The molecule has 9 heteroatoms. The first-order chi connectivity index (χ1) is 14.4. The number of hydrogen-bond donors (Lipinski definition) is 1. The fourth-order valence-electron chi connectivity index (χ4n) is 3.06. The van der Waals surface area contributed by atoms with E-state index >= 15 is 0 Å². The van der Waals surface area contributed by atoms with Crippen LogP contribution in [0.5, 0.6) is 11.5 Å². The minimum Gasteiger partial charge on any atom is -0.495 e. The lowest BCUT2D eigenvalue weighted by Crippen LogP contribution is -2.39. The lowest BCUT2D eigenvalue weighted by Gasteiger charge is -2.32. The van der Waals surface area contributed by atoms with Crippen LogP contribution in [-0.2, 0) is 0 Å². The molecule has 0 radical (unpaired) electrons. The molecule has 0 aliphatic heterocycles. The van der Waals surface area contributed by atoms with Crippen molar-refractivity contribution in [1.29, 1.82) is 0 Å². The van der Waals surface area contributed by atoms with Crippen molar-refractivity contribution in [2.24, 2.45) is 0 Å². The fourth-order valence-corrected chi connectivity index (χ4v) is 3.83. The molecule has 1 unspecified atom stereocenters. The molecule has 1 atom stereocenters. The van der Waals surface area contributed by atoms with Crippen LogP contribution in [-0.4, -0.2) is 38.5 Å². The molecule has 0 bridgehead atoms. The second kappa shape index (κ2) is 11.5. The van der Waals surface area contributed by atoms with E-state index in [0.717, 1.165) is 36.7 Å². The van der Waals surface area contributed by atoms with E-state index in [-0.39, 0.29) is 29.0 Å². The van der Waals surface area contributed by atoms with Crippen LogP contribution in [0.15, 0.2) is 30.3 Å². The number of carbonyl (C=O) groups excluding carboxylic acids is 1. The monoisotopic (exact) mass is 474 g/mol. The van der Waals surface area contributed by atoms with Gasteiger partial charge in [-0.25, -0.2) is 4.39 Å². The van der Waals surface area contributed by atoms with Gasteiger partial charge in [0.15, 0.2) is 0 Å². The number of carbonyl (C=O) groups is 1. The summed E-state index contributed by atoms with van der Waals surface area (Å²) in [7, 11) is 1.57. The number of halogens is 3. The van der Waals surface area contributed by atoms with E-state index in [9.17, 15) is 9.18 Å². The van der Waals surface area contributed by atoms with Crippen molar-refractivity contribution in [1.82, 2.24) is 4.72 Å². The third kappa shape index (κ3) is 5.86. The highest BCUT2D eigenvalue weighted by molar-refractivity contribution is 7.97. The van der Waals surface area contributed by atoms with Crippen LogP contribution in [0.4, 0.5) is 10.1 Å². The molecule has 30 heavy (non-hydrogen) atoms. The van der Waals surface area contributed by atoms with Crippen molar-refractivity contribution in [2.75, 3.05) is 31.4 Å². The summed E-state index contributed by atoms with van der Waals surface area (Å²) in [4.78, 5) is 14.1. The van der Waals surface area contributed by atoms with Gasteiger partial charge in [0.05, 0.1) is 28.8 Å². The number of ether oxygens (including phenoxy) is 2. The van der Waals surface area contributed by atoms with E-state index < -0.39 is 11.7 Å². The number of nitrogens with one attached hydrogen (secondary N) is 1. The standard InChI is InChI=1S/C21H25Cl2FN2O3S/c1-5-13(26(6-2)14-7-8-19(28-3)16(22)9-14)12-29-20-11-18(24)15(10-17(20)23)21(27)25-30-4/h7-11,13H,5-6,12H2,1-4H3,(H,25,27). The zero-order valence-electron chi connectivity index (χ0n) is 17.3. The molecule has 0 aliphatic carbocycles. The van der Waals surface area contributed by atoms with E-state index in [1.807, 2.05) is 32.0 Å². The van der Waals surface area contributed by atoms with Gasteiger partial charge in [-0.3, -0.25) is 9.52 Å². The number of methoxy groups -OCH3 is 1. The first kappa shape index (κ1) is 24.4. The summed E-state index contributed by atoms with van der Waals surface area (Å²) in [6.07, 6.45) is 2.46. The van der Waals surface area contributed by atoms with Gasteiger partial charge in [-0.15, -0.1) is 0 Å². The maximum atomic E-state index is 14.4. The molecular weight excluding hydrogens is 450 g/mol. The highest BCUT2D eigenvalue weighted by atomic mass is 35.5. The van der Waals surface area contributed by atoms with Crippen molar-refractivity contribution in [2.45, 2.75) is 26.3 Å². The second-order valence-electron chi connectivity index (χ2n) is 6.38. The van der Waals surface area contributed by atoms with Crippen LogP contribution >= 0.6 is 35.1 Å². The number of hydrogen-bond acceptors (Lipinski definition) is 5. The SMILES string of the molecule is CCC(COc1cc(F)c(C(=O)NSC)cc1Cl)N(CC)c1ccc(OC)c(Cl)c1. The minimum atomic E-state index is -0.691. The second-order valence-corrected chi connectivity index (χ2v) is 7.80. The maximum absolute atomic E-state index is 14.4. The Bertz CT molecular complexity index is 886. The summed E-state index contributed by atoms with van der Waals surface area (Å²) in [6, 6.07) is 8.02. The average Bonchev–Trinajstić information content (AvgIpc) is 2.73. The number of anilines is 1. The van der Waals surface area contributed by atoms with Gasteiger partial charge in [0.2, 0.25) is 0 Å². The van der Waals surface area contributed by atoms with Gasteiger partial charge in [-0.2, -0.15) is 0 Å². The Morgan fingerprint density at radius 3 is 2.47 bits per heavy atom. The van der Waals surface area contributed by atoms with E-state index in [2.05, 4.69) is 9.62 Å². The third-order valence-electron chi connectivity index (χ3n) is 4.61. The number of amides is 1. The van der Waals surface area contributed by atoms with Gasteiger partial charge in [0, 0.05) is 24.6 Å². The van der Waals surface area contributed by atoms with Gasteiger partial charge in [-0.05, 0) is 37.6 Å². The summed E-state index contributed by atoms with van der Waals surface area (Å²) in [5.74, 6) is -0.442. The molecule has 0 saturated carbocycles. The van der Waals surface area contributed by atoms with Crippen molar-refractivity contribution in [3.63, 3.8) is 0 Å². The molecule has 2 rings (SSSR count). The number of benzene rings is 2. The van der Waals surface area contributed by atoms with Crippen molar-refractivity contribution in [3.05, 3.63) is 51.8 Å². The molecule has 2 aromatic carbocycles. The van der Waals surface area contributed by atoms with Gasteiger partial charge in [-0.1, -0.05) is 42.1 Å². The van der Waals surface area contributed by atoms with Crippen molar-refractivity contribution < 1.29 is 18.7 Å². The maximum Gasteiger partial charge on any atom is 0.264 e. The van der Waals surface area contributed by atoms with Crippen LogP contribution in [0.3, 0.4) is 0 Å². The molecule has 0 spiro atoms. The van der Waals surface area contributed by atoms with Crippen molar-refractivity contribution >= 4 is 46.7 Å². The first-order valence-electron chi connectivity index (χ1n) is 9.41. The summed E-state index contributed by atoms with van der Waals surface area (Å²) in [5.41, 5.74) is 0.803. The Hall–Kier alpha value is -1.83. The quantitative estimate of drug-likeness (QED) is 0.438. The van der Waals surface area contributed by atoms with Crippen LogP contribution in [0.1, 0.15) is 30.6 Å². The Labute approximate surface area is 191 Å². The Kier molecular flexibility index (Phi) is 9.39. The third-order valence-corrected chi connectivity index (χ3v) is 5.59. The van der Waals surface area contributed by atoms with E-state index in [4.69, 9.17) is 32.7 Å². The van der Waals surface area contributed by atoms with E-state index in [1.54, 1.807) is 13.4 Å². The van der Waals surface area contributed by atoms with Gasteiger partial charge in [0.1, 0.15) is 23.9 Å². The average molecular weight is 475 g/mol. The predicted octanol–water partition coefficient (Wildman–Crippen LogP) is 5.83. The lowest BCUT2D eigenvalue weighted by molar-refractivity contribution is 0.0980. The summed E-state index contributed by atoms with van der Waals surface area (Å²) >= 11 is 13.6. The topological polar surface area (TPSA) is 50.8 Å². The normalized spacial score (nSPS) is 11.7. The molecule has 0 aliphatic rings. The highest BCUT2D eigenvalue weighted by Crippen LogP contribution is 2.32. The zero-order valence-corrected chi connectivity index (χ0v) is 19.6. The summed E-state index contributed by atoms with van der Waals surface area (Å²) < 4.78 is 27.9. The zero-order chi connectivity index (χ0) is 22.3. The summed E-state index contributed by atoms with van der Waals surface area (Å²) in [5, 5.41) is 0.696. The molecule has 0 aromatic heterocycles. The van der Waals surface area contributed by atoms with Crippen LogP contribution in [0.25, 0.3) is 0 Å². The number of rotatable bonds is 10. The fraction of sp³-hybridized carbons (Fsp3) is 0.381. The molecule has 2 aromatic rings. The first-order valence-corrected chi connectivity index (χ1v) is 11.4. The van der Waals surface area contributed by atoms with Gasteiger partial charge < -0.3 is 14.4 Å². The van der Waals surface area contributed by atoms with Crippen LogP contribution in [0.2, 0.25) is 10.0 Å². The van der Waals surface area contributed by atoms with Gasteiger partial charge >= 0.3 is 0 Å². The molecule has 0 heterocycles. The molecule has 0 fully saturated rings. The van der Waals surface area contributed by atoms with E-state index in [0.29, 0.717) is 10.8 Å². The molecule has 164 valence electrons. The van der Waals surface area contributed by atoms with Crippen molar-refractivity contribution in [3.8, 4) is 11.5 Å². The van der Waals surface area contributed by atoms with Crippen LogP contribution in [0, 0.1) is 5.82 Å². The Morgan fingerprint density at radius 2 is 1.90 bits per heavy atom. The number of likely N-dealkylation sites (N-methyl/N-ethyl adjacent to an activating group) is 1. The summed E-state index contributed by atoms with van der Waals surface area (Å²) in [6.45, 7) is 5.08. The van der Waals surface area contributed by atoms with Gasteiger partial charge in [0.25, 0.3) is 5.91 Å². The number of nitrogens with zero attached hydrogens (tertiary/aromatic N) is 1. The van der Waals surface area contributed by atoms with E-state index in [1.165, 1.54) is 6.07 Å². The predicted molar refractivity (Wildman–Crippen MR) is 123 cm³/mol. The molecule has 5 nitrogen and oxygen atoms in total. The lowest BCUT2D eigenvalue weighted by atomic mass is 10.1. The smallest absolute Gasteiger partial charge is 0.264 e. The Morgan fingerprint density at radius 1 is 1.20 bits per heavy atom. The molecular formula is C21H25Cl2FN2O3S. The minimum absolute atomic E-state index is 0.00180. The highest BCUT2D eigenvalue weighted by Gasteiger charge is 2.20. The van der Waals surface area contributed by atoms with Crippen LogP contribution < -0.4 is 19.1 Å². The molecule has 1 N–H and O–H groups in total. The largest absolute Gasteiger partial charge is 0.495 e. The molecule has 1 amide bonds.